The van der Waals surface area contributed by atoms with Crippen molar-refractivity contribution in [1.29, 1.82) is 0 Å². The number of carbonyl (C=O) groups is 1. The number of benzene rings is 2. The number of hydrogen-bond donors (Lipinski definition) is 5. The van der Waals surface area contributed by atoms with Crippen LogP contribution in [0.3, 0.4) is 0 Å². The van der Waals surface area contributed by atoms with Gasteiger partial charge < -0.3 is 44.6 Å². The fraction of sp³-hybridized carbons (Fsp3) is 0.550. The number of nitrogens with zero attached hydrogens (tertiary/aromatic N) is 2. The van der Waals surface area contributed by atoms with Gasteiger partial charge in [0, 0.05) is 53.6 Å². The van der Waals surface area contributed by atoms with Crippen LogP contribution < -0.4 is 4.74 Å². The van der Waals surface area contributed by atoms with Gasteiger partial charge in [-0.1, -0.05) is 35.9 Å². The number of para-hydroxylation sites is 1. The number of hydrogen-bond acceptors (Lipinski definition) is 11. The van der Waals surface area contributed by atoms with Crippen LogP contribution in [0.4, 0.5) is 0 Å². The minimum Gasteiger partial charge on any atom is -0.490 e. The molecule has 1 saturated heterocycles. The first-order valence-corrected chi connectivity index (χ1v) is 19.8. The van der Waals surface area contributed by atoms with Crippen LogP contribution in [0.2, 0.25) is 5.02 Å². The third-order valence-corrected chi connectivity index (χ3v) is 11.4. The summed E-state index contributed by atoms with van der Waals surface area (Å²) < 4.78 is 18.4. The maximum atomic E-state index is 13.3. The lowest BCUT2D eigenvalue weighted by molar-refractivity contribution is -0.159. The molecule has 1 heterocycles. The molecule has 290 valence electrons. The van der Waals surface area contributed by atoms with Crippen molar-refractivity contribution in [3.63, 3.8) is 0 Å². The Morgan fingerprint density at radius 2 is 1.85 bits per heavy atom. The summed E-state index contributed by atoms with van der Waals surface area (Å²) in [4.78, 5) is 20.0. The van der Waals surface area contributed by atoms with Crippen molar-refractivity contribution in [1.82, 2.24) is 4.90 Å². The highest BCUT2D eigenvalue weighted by atomic mass is 35.5. The molecule has 5 rings (SSSR count). The lowest BCUT2D eigenvalue weighted by Crippen LogP contribution is -2.53. The summed E-state index contributed by atoms with van der Waals surface area (Å²) in [7, 11) is 0. The number of thioether (sulfide) groups is 1. The van der Waals surface area contributed by atoms with Crippen molar-refractivity contribution in [2.24, 2.45) is 10.9 Å². The molecule has 5 N–H and O–H groups in total. The molecule has 11 nitrogen and oxygen atoms in total. The molecule has 0 radical (unpaired) electrons. The summed E-state index contributed by atoms with van der Waals surface area (Å²) in [6.07, 6.45) is 2.55. The second-order valence-electron chi connectivity index (χ2n) is 14.0. The fourth-order valence-corrected chi connectivity index (χ4v) is 7.61. The molecule has 53 heavy (non-hydrogen) atoms. The van der Waals surface area contributed by atoms with Crippen molar-refractivity contribution < 1.29 is 44.5 Å². The Balaban J connectivity index is 1.20. The van der Waals surface area contributed by atoms with Crippen LogP contribution in [0.15, 0.2) is 70.2 Å². The van der Waals surface area contributed by atoms with E-state index in [0.29, 0.717) is 50.1 Å². The first-order chi connectivity index (χ1) is 25.6. The fourth-order valence-electron chi connectivity index (χ4n) is 6.54. The predicted octanol–water partition coefficient (Wildman–Crippen LogP) is 4.79. The standard InChI is InChI=1S/C40H53ClN2O9S/c1-3-30(31-7-4-5-8-35(31)52-28-9-10-28)32(22-42-2)40(15-16-40)51-25-27-21-29(11-12-33(27)41)53-20-6-17-43(23-26-13-18-50-19-14-26)39(49)38(48)37(47)36(46)34(45)24-44/h3-5,7-8,11-12,21-22,26,28,34,36-38,44-48H,2,6,9-10,13-20,23-25H2,1H3/b30-3-,32-22+/t34-,36+,37-,38-/m0/s1. The number of amides is 1. The van der Waals surface area contributed by atoms with Gasteiger partial charge in [-0.05, 0) is 106 Å². The SMILES string of the molecule is C=N/C=C(\C(=C/C)c1ccccc1OC1CC1)C1(OCc2cc(SCCCN(CC3CCOCC3)C(=O)[C@@H](O)[C@@H](O)[C@H](O)[C@@H](O)CO)ccc2Cl)CC1. The van der Waals surface area contributed by atoms with Crippen LogP contribution in [-0.4, -0.2) is 118 Å². The monoisotopic (exact) mass is 772 g/mol. The minimum atomic E-state index is -1.96. The van der Waals surface area contributed by atoms with E-state index in [1.807, 2.05) is 43.3 Å². The molecular formula is C40H53ClN2O9S. The Hall–Kier alpha value is -2.78. The number of rotatable bonds is 21. The van der Waals surface area contributed by atoms with Crippen LogP contribution in [0.5, 0.6) is 5.75 Å². The number of aliphatic hydroxyl groups excluding tert-OH is 5. The molecule has 2 aliphatic carbocycles. The molecule has 2 saturated carbocycles. The molecule has 2 aromatic rings. The predicted molar refractivity (Wildman–Crippen MR) is 206 cm³/mol. The number of halogens is 1. The van der Waals surface area contributed by atoms with E-state index in [1.54, 1.807) is 18.0 Å². The summed E-state index contributed by atoms with van der Waals surface area (Å²) in [6.45, 7) is 7.08. The van der Waals surface area contributed by atoms with Crippen LogP contribution in [0.25, 0.3) is 5.57 Å². The largest absolute Gasteiger partial charge is 0.490 e. The number of ether oxygens (including phenoxy) is 3. The van der Waals surface area contributed by atoms with Gasteiger partial charge in [0.2, 0.25) is 0 Å². The van der Waals surface area contributed by atoms with Gasteiger partial charge >= 0.3 is 0 Å². The maximum absolute atomic E-state index is 13.3. The van der Waals surface area contributed by atoms with E-state index in [4.69, 9.17) is 30.9 Å². The van der Waals surface area contributed by atoms with E-state index in [2.05, 4.69) is 23.9 Å². The molecule has 0 bridgehead atoms. The molecule has 1 aliphatic heterocycles. The number of carbonyl (C=O) groups excluding carboxylic acids is 1. The van der Waals surface area contributed by atoms with Crippen LogP contribution in [0.1, 0.15) is 63.0 Å². The second kappa shape index (κ2) is 19.7. The zero-order valence-electron chi connectivity index (χ0n) is 30.3. The molecule has 0 unspecified atom stereocenters. The van der Waals surface area contributed by atoms with E-state index >= 15 is 0 Å². The topological polar surface area (TPSA) is 162 Å². The Morgan fingerprint density at radius 3 is 2.51 bits per heavy atom. The smallest absolute Gasteiger partial charge is 0.254 e. The average Bonchev–Trinajstić information content (AvgIpc) is 4.13. The normalized spacial score (nSPS) is 20.0. The summed E-state index contributed by atoms with van der Waals surface area (Å²) in [5.74, 6) is 0.929. The Morgan fingerprint density at radius 1 is 1.11 bits per heavy atom. The highest BCUT2D eigenvalue weighted by Crippen LogP contribution is 2.52. The number of aliphatic imine (C=N–C) groups is 1. The van der Waals surface area contributed by atoms with E-state index in [1.165, 1.54) is 4.90 Å². The Bertz CT molecular complexity index is 1590. The first kappa shape index (κ1) is 41.4. The van der Waals surface area contributed by atoms with Gasteiger partial charge in [0.15, 0.2) is 6.10 Å². The molecule has 0 spiro atoms. The summed E-state index contributed by atoms with van der Waals surface area (Å²) >= 11 is 8.29. The van der Waals surface area contributed by atoms with Gasteiger partial charge in [0.05, 0.1) is 24.9 Å². The third kappa shape index (κ3) is 11.1. The highest BCUT2D eigenvalue weighted by Gasteiger charge is 2.49. The van der Waals surface area contributed by atoms with Crippen molar-refractivity contribution in [2.75, 3.05) is 38.7 Å². The van der Waals surface area contributed by atoms with Gasteiger partial charge in [0.25, 0.3) is 5.91 Å². The van der Waals surface area contributed by atoms with Gasteiger partial charge in [0.1, 0.15) is 24.1 Å². The molecular weight excluding hydrogens is 720 g/mol. The first-order valence-electron chi connectivity index (χ1n) is 18.4. The van der Waals surface area contributed by atoms with Crippen LogP contribution >= 0.6 is 23.4 Å². The van der Waals surface area contributed by atoms with Gasteiger partial charge in [-0.25, -0.2) is 0 Å². The Kier molecular flexibility index (Phi) is 15.4. The minimum absolute atomic E-state index is 0.165. The zero-order chi connectivity index (χ0) is 38.0. The van der Waals surface area contributed by atoms with Gasteiger partial charge in [-0.2, -0.15) is 0 Å². The number of aliphatic hydroxyl groups is 5. The molecule has 4 atom stereocenters. The van der Waals surface area contributed by atoms with Crippen molar-refractivity contribution in [3.8, 4) is 5.75 Å². The molecule has 13 heteroatoms. The lowest BCUT2D eigenvalue weighted by atomic mass is 9.92. The van der Waals surface area contributed by atoms with Crippen molar-refractivity contribution >= 4 is 41.6 Å². The molecule has 0 aromatic heterocycles. The lowest BCUT2D eigenvalue weighted by Gasteiger charge is -2.33. The average molecular weight is 773 g/mol. The zero-order valence-corrected chi connectivity index (χ0v) is 31.9. The molecule has 2 aromatic carbocycles. The summed E-state index contributed by atoms with van der Waals surface area (Å²) in [6, 6.07) is 13.9. The quantitative estimate of drug-likeness (QED) is 0.0517. The molecule has 3 fully saturated rings. The highest BCUT2D eigenvalue weighted by molar-refractivity contribution is 7.99. The van der Waals surface area contributed by atoms with E-state index in [0.717, 1.165) is 71.4 Å². The second-order valence-corrected chi connectivity index (χ2v) is 15.6. The van der Waals surface area contributed by atoms with E-state index in [-0.39, 0.29) is 12.0 Å². The third-order valence-electron chi connectivity index (χ3n) is 9.99. The molecule has 3 aliphatic rings. The summed E-state index contributed by atoms with van der Waals surface area (Å²) in [5, 5.41) is 50.6. The van der Waals surface area contributed by atoms with E-state index in [9.17, 15) is 25.2 Å². The van der Waals surface area contributed by atoms with Gasteiger partial charge in [-0.3, -0.25) is 9.79 Å². The van der Waals surface area contributed by atoms with E-state index < -0.39 is 42.5 Å². The van der Waals surface area contributed by atoms with Crippen molar-refractivity contribution in [3.05, 3.63) is 76.5 Å². The maximum Gasteiger partial charge on any atom is 0.254 e. The Labute approximate surface area is 321 Å². The summed E-state index contributed by atoms with van der Waals surface area (Å²) in [5.41, 5.74) is 3.28. The molecule has 1 amide bonds. The van der Waals surface area contributed by atoms with Gasteiger partial charge in [-0.15, -0.1) is 11.8 Å². The van der Waals surface area contributed by atoms with Crippen LogP contribution in [0, 0.1) is 5.92 Å². The number of allylic oxidation sites excluding steroid dienone is 1. The van der Waals surface area contributed by atoms with Crippen molar-refractivity contribution in [2.45, 2.75) is 99.5 Å². The van der Waals surface area contributed by atoms with Crippen LogP contribution in [-0.2, 0) is 20.9 Å².